The van der Waals surface area contributed by atoms with Crippen LogP contribution >= 0.6 is 0 Å². The average Bonchev–Trinajstić information content (AvgIpc) is 2.60. The minimum Gasteiger partial charge on any atom is -0.289 e. The molecule has 0 bridgehead atoms. The van der Waals surface area contributed by atoms with Crippen molar-refractivity contribution in [2.24, 2.45) is 0 Å². The Morgan fingerprint density at radius 3 is 2.08 bits per heavy atom. The summed E-state index contributed by atoms with van der Waals surface area (Å²) >= 11 is 0. The first-order valence-corrected chi connectivity index (χ1v) is 7.23. The maximum absolute atomic E-state index is 13.7. The monoisotopic (exact) mass is 338 g/mol. The van der Waals surface area contributed by atoms with E-state index >= 15 is 0 Å². The van der Waals surface area contributed by atoms with Gasteiger partial charge in [-0.05, 0) is 30.4 Å². The van der Waals surface area contributed by atoms with Gasteiger partial charge >= 0.3 is 0 Å². The highest BCUT2D eigenvalue weighted by molar-refractivity contribution is 6.10. The van der Waals surface area contributed by atoms with E-state index in [0.717, 1.165) is 5.56 Å². The van der Waals surface area contributed by atoms with E-state index in [1.807, 2.05) is 6.07 Å². The number of Topliss-reactive ketones (excluding diaryl/α,β-unsaturated/α-hetero) is 1. The highest BCUT2D eigenvalue weighted by Crippen LogP contribution is 2.27. The van der Waals surface area contributed by atoms with E-state index in [9.17, 15) is 26.7 Å². The Kier molecular flexibility index (Phi) is 4.22. The maximum atomic E-state index is 13.7. The van der Waals surface area contributed by atoms with Crippen LogP contribution in [0, 0.1) is 29.1 Å². The SMILES string of the molecule is O=C1/C(=C\Cc2c(F)c(F)c(F)c(F)c2F)CCc2ccccc21. The number of carbonyl (C=O) groups excluding carboxylic acids is 1. The second kappa shape index (κ2) is 6.19. The molecule has 24 heavy (non-hydrogen) atoms. The van der Waals surface area contributed by atoms with Crippen LogP contribution in [0.5, 0.6) is 0 Å². The largest absolute Gasteiger partial charge is 0.289 e. The molecule has 2 aromatic carbocycles. The molecule has 1 nitrogen and oxygen atoms in total. The van der Waals surface area contributed by atoms with E-state index < -0.39 is 41.1 Å². The molecule has 1 aliphatic rings. The topological polar surface area (TPSA) is 17.1 Å². The van der Waals surface area contributed by atoms with Crippen LogP contribution in [0.25, 0.3) is 0 Å². The predicted molar refractivity (Wildman–Crippen MR) is 77.1 cm³/mol. The second-order valence-corrected chi connectivity index (χ2v) is 5.47. The number of aryl methyl sites for hydroxylation is 1. The molecule has 0 amide bonds. The first-order valence-electron chi connectivity index (χ1n) is 7.23. The van der Waals surface area contributed by atoms with E-state index in [4.69, 9.17) is 0 Å². The van der Waals surface area contributed by atoms with Gasteiger partial charge in [-0.2, -0.15) is 0 Å². The third-order valence-corrected chi connectivity index (χ3v) is 4.07. The third kappa shape index (κ3) is 2.62. The Morgan fingerprint density at radius 1 is 0.833 bits per heavy atom. The Labute approximate surface area is 134 Å². The number of fused-ring (bicyclic) bond motifs is 1. The quantitative estimate of drug-likeness (QED) is 0.336. The minimum absolute atomic E-state index is 0.291. The van der Waals surface area contributed by atoms with Gasteiger partial charge < -0.3 is 0 Å². The van der Waals surface area contributed by atoms with Gasteiger partial charge in [-0.15, -0.1) is 0 Å². The zero-order valence-electron chi connectivity index (χ0n) is 12.3. The van der Waals surface area contributed by atoms with Crippen molar-refractivity contribution in [1.29, 1.82) is 0 Å². The number of hydrogen-bond donors (Lipinski definition) is 0. The molecule has 0 aliphatic heterocycles. The van der Waals surface area contributed by atoms with Crippen LogP contribution in [0.2, 0.25) is 0 Å². The molecule has 1 aliphatic carbocycles. The fourth-order valence-electron chi connectivity index (χ4n) is 2.77. The Bertz CT molecular complexity index is 841. The molecule has 0 N–H and O–H groups in total. The molecule has 0 fully saturated rings. The summed E-state index contributed by atoms with van der Waals surface area (Å²) in [5.74, 6) is -10.2. The van der Waals surface area contributed by atoms with Gasteiger partial charge in [-0.1, -0.05) is 30.3 Å². The highest BCUT2D eigenvalue weighted by Gasteiger charge is 2.26. The van der Waals surface area contributed by atoms with Crippen molar-refractivity contribution in [3.05, 3.63) is 81.7 Å². The summed E-state index contributed by atoms with van der Waals surface area (Å²) in [6, 6.07) is 6.95. The van der Waals surface area contributed by atoms with Crippen LogP contribution in [0.3, 0.4) is 0 Å². The first-order chi connectivity index (χ1) is 11.4. The fourth-order valence-corrected chi connectivity index (χ4v) is 2.77. The molecule has 0 saturated carbocycles. The van der Waals surface area contributed by atoms with Gasteiger partial charge in [0.15, 0.2) is 29.1 Å². The summed E-state index contributed by atoms with van der Waals surface area (Å²) in [6.45, 7) is 0. The molecule has 0 radical (unpaired) electrons. The van der Waals surface area contributed by atoms with Crippen molar-refractivity contribution in [3.8, 4) is 0 Å². The van der Waals surface area contributed by atoms with Crippen LogP contribution in [0.1, 0.15) is 27.9 Å². The Balaban J connectivity index is 1.95. The molecule has 3 rings (SSSR count). The summed E-state index contributed by atoms with van der Waals surface area (Å²) in [5.41, 5.74) is 0.728. The average molecular weight is 338 g/mol. The van der Waals surface area contributed by atoms with Gasteiger partial charge in [-0.3, -0.25) is 4.79 Å². The zero-order chi connectivity index (χ0) is 17.4. The second-order valence-electron chi connectivity index (χ2n) is 5.47. The van der Waals surface area contributed by atoms with Gasteiger partial charge in [0.2, 0.25) is 5.82 Å². The molecule has 0 saturated heterocycles. The molecule has 0 spiro atoms. The van der Waals surface area contributed by atoms with Crippen molar-refractivity contribution in [2.45, 2.75) is 19.3 Å². The van der Waals surface area contributed by atoms with E-state index in [2.05, 4.69) is 0 Å². The van der Waals surface area contributed by atoms with Gasteiger partial charge in [-0.25, -0.2) is 22.0 Å². The van der Waals surface area contributed by atoms with Crippen molar-refractivity contribution in [3.63, 3.8) is 0 Å². The molecule has 0 atom stereocenters. The smallest absolute Gasteiger partial charge is 0.200 e. The van der Waals surface area contributed by atoms with E-state index in [-0.39, 0.29) is 5.78 Å². The maximum Gasteiger partial charge on any atom is 0.200 e. The minimum atomic E-state index is -2.19. The molecule has 6 heteroatoms. The zero-order valence-corrected chi connectivity index (χ0v) is 12.3. The molecule has 0 unspecified atom stereocenters. The van der Waals surface area contributed by atoms with Crippen LogP contribution in [0.15, 0.2) is 35.9 Å². The molecular weight excluding hydrogens is 327 g/mol. The lowest BCUT2D eigenvalue weighted by Gasteiger charge is -2.17. The van der Waals surface area contributed by atoms with Crippen LogP contribution in [-0.2, 0) is 12.8 Å². The van der Waals surface area contributed by atoms with Crippen molar-refractivity contribution in [2.75, 3.05) is 0 Å². The number of benzene rings is 2. The van der Waals surface area contributed by atoms with Gasteiger partial charge in [0.1, 0.15) is 0 Å². The molecule has 124 valence electrons. The highest BCUT2D eigenvalue weighted by atomic mass is 19.2. The summed E-state index contributed by atoms with van der Waals surface area (Å²) in [6.07, 6.45) is 1.61. The first kappa shape index (κ1) is 16.4. The van der Waals surface area contributed by atoms with Crippen molar-refractivity contribution < 1.29 is 26.7 Å². The number of rotatable bonds is 2. The number of carbonyl (C=O) groups is 1. The van der Waals surface area contributed by atoms with Crippen LogP contribution in [0.4, 0.5) is 22.0 Å². The summed E-state index contributed by atoms with van der Waals surface area (Å²) in [4.78, 5) is 12.3. The Hall–Kier alpha value is -2.50. The van der Waals surface area contributed by atoms with Crippen LogP contribution in [-0.4, -0.2) is 5.78 Å². The number of halogens is 5. The lowest BCUT2D eigenvalue weighted by molar-refractivity contribution is 0.102. The van der Waals surface area contributed by atoms with Gasteiger partial charge in [0, 0.05) is 11.1 Å². The van der Waals surface area contributed by atoms with E-state index in [1.165, 1.54) is 6.08 Å². The lowest BCUT2D eigenvalue weighted by Crippen LogP contribution is -2.14. The normalized spacial score (nSPS) is 15.7. The standard InChI is InChI=1S/C18H11F5O/c19-13-12(14(20)16(22)17(23)15(13)21)8-7-10-6-5-9-3-1-2-4-11(9)18(10)24/h1-4,7H,5-6,8H2/b10-7-. The van der Waals surface area contributed by atoms with Crippen molar-refractivity contribution >= 4 is 5.78 Å². The molecular formula is C18H11F5O. The summed E-state index contributed by atoms with van der Waals surface area (Å²) < 4.78 is 66.7. The third-order valence-electron chi connectivity index (χ3n) is 4.07. The number of ketones is 1. The van der Waals surface area contributed by atoms with Gasteiger partial charge in [0.25, 0.3) is 0 Å². The summed E-state index contributed by atoms with van der Waals surface area (Å²) in [5, 5.41) is 0. The van der Waals surface area contributed by atoms with Crippen molar-refractivity contribution in [1.82, 2.24) is 0 Å². The Morgan fingerprint density at radius 2 is 1.42 bits per heavy atom. The van der Waals surface area contributed by atoms with E-state index in [0.29, 0.717) is 24.0 Å². The summed E-state index contributed by atoms with van der Waals surface area (Å²) in [7, 11) is 0. The lowest BCUT2D eigenvalue weighted by atomic mass is 9.86. The number of allylic oxidation sites excluding steroid dienone is 2. The van der Waals surface area contributed by atoms with Crippen LogP contribution < -0.4 is 0 Å². The fraction of sp³-hybridized carbons (Fsp3) is 0.167. The molecule has 0 heterocycles. The number of hydrogen-bond acceptors (Lipinski definition) is 1. The predicted octanol–water partition coefficient (Wildman–Crippen LogP) is 4.68. The van der Waals surface area contributed by atoms with E-state index in [1.54, 1.807) is 18.2 Å². The molecule has 2 aromatic rings. The van der Waals surface area contributed by atoms with Gasteiger partial charge in [0.05, 0.1) is 0 Å². The molecule has 0 aromatic heterocycles.